The van der Waals surface area contributed by atoms with Crippen LogP contribution in [0.2, 0.25) is 0 Å². The van der Waals surface area contributed by atoms with Crippen molar-refractivity contribution in [1.29, 1.82) is 0 Å². The zero-order valence-corrected chi connectivity index (χ0v) is 20.1. The normalized spacial score (nSPS) is 21.3. The maximum Gasteiger partial charge on any atom is 0.252 e. The Morgan fingerprint density at radius 1 is 1.06 bits per heavy atom. The molecule has 34 heavy (non-hydrogen) atoms. The van der Waals surface area contributed by atoms with Gasteiger partial charge in [0, 0.05) is 36.0 Å². The van der Waals surface area contributed by atoms with Crippen LogP contribution in [0.3, 0.4) is 0 Å². The van der Waals surface area contributed by atoms with E-state index >= 15 is 0 Å². The first-order chi connectivity index (χ1) is 16.6. The lowest BCUT2D eigenvalue weighted by Crippen LogP contribution is -2.48. The Morgan fingerprint density at radius 2 is 1.79 bits per heavy atom. The van der Waals surface area contributed by atoms with E-state index in [0.717, 1.165) is 26.7 Å². The molecular formula is C27H25BrN2O4. The summed E-state index contributed by atoms with van der Waals surface area (Å²) in [6, 6.07) is 23.4. The third kappa shape index (κ3) is 4.33. The van der Waals surface area contributed by atoms with Crippen LogP contribution in [-0.4, -0.2) is 35.7 Å². The van der Waals surface area contributed by atoms with E-state index < -0.39 is 11.6 Å². The third-order valence-corrected chi connectivity index (χ3v) is 6.75. The first kappa shape index (κ1) is 22.6. The molecule has 2 aliphatic heterocycles. The van der Waals surface area contributed by atoms with Gasteiger partial charge in [-0.3, -0.25) is 4.79 Å². The fourth-order valence-electron chi connectivity index (χ4n) is 4.44. The molecule has 3 aromatic carbocycles. The molecule has 0 radical (unpaired) electrons. The summed E-state index contributed by atoms with van der Waals surface area (Å²) in [4.78, 5) is 18.6. The van der Waals surface area contributed by atoms with Gasteiger partial charge in [-0.1, -0.05) is 52.3 Å². The van der Waals surface area contributed by atoms with Gasteiger partial charge in [0.2, 0.25) is 5.90 Å². The predicted octanol–water partition coefficient (Wildman–Crippen LogP) is 4.34. The van der Waals surface area contributed by atoms with E-state index in [1.54, 1.807) is 0 Å². The van der Waals surface area contributed by atoms with E-state index in [4.69, 9.17) is 19.6 Å². The van der Waals surface area contributed by atoms with E-state index in [-0.39, 0.29) is 12.5 Å². The first-order valence-corrected chi connectivity index (χ1v) is 12.1. The maximum atomic E-state index is 13.6. The van der Waals surface area contributed by atoms with Crippen LogP contribution in [0.1, 0.15) is 34.8 Å². The molecule has 1 amide bonds. The van der Waals surface area contributed by atoms with Crippen LogP contribution in [0.15, 0.2) is 82.3 Å². The number of ether oxygens (including phenoxy) is 2. The Labute approximate surface area is 206 Å². The quantitative estimate of drug-likeness (QED) is 0.473. The molecule has 1 spiro atoms. The van der Waals surface area contributed by atoms with Crippen LogP contribution in [-0.2, 0) is 22.5 Å². The highest BCUT2D eigenvalue weighted by atomic mass is 79.9. The Balaban J connectivity index is 1.54. The van der Waals surface area contributed by atoms with Gasteiger partial charge in [0.05, 0.1) is 6.61 Å². The minimum atomic E-state index is -1.12. The fourth-order valence-corrected chi connectivity index (χ4v) is 4.71. The van der Waals surface area contributed by atoms with E-state index in [0.29, 0.717) is 37.6 Å². The van der Waals surface area contributed by atoms with Crippen molar-refractivity contribution in [2.75, 3.05) is 13.2 Å². The summed E-state index contributed by atoms with van der Waals surface area (Å²) in [5.74, 6) is 0.996. The molecule has 6 nitrogen and oxygen atoms in total. The Morgan fingerprint density at radius 3 is 2.53 bits per heavy atom. The molecule has 2 atom stereocenters. The van der Waals surface area contributed by atoms with Crippen molar-refractivity contribution >= 4 is 27.7 Å². The second kappa shape index (κ2) is 9.60. The monoisotopic (exact) mass is 520 g/mol. The molecule has 0 bridgehead atoms. The van der Waals surface area contributed by atoms with Gasteiger partial charge < -0.3 is 19.9 Å². The lowest BCUT2D eigenvalue weighted by Gasteiger charge is -2.29. The average Bonchev–Trinajstić information content (AvgIpc) is 3.18. The molecule has 0 saturated carbocycles. The number of amides is 1. The number of carbonyl (C=O) groups is 1. The van der Waals surface area contributed by atoms with Gasteiger partial charge in [-0.05, 0) is 53.1 Å². The lowest BCUT2D eigenvalue weighted by atomic mass is 9.82. The minimum absolute atomic E-state index is 0.0907. The summed E-state index contributed by atoms with van der Waals surface area (Å²) < 4.78 is 13.0. The van der Waals surface area contributed by atoms with E-state index in [9.17, 15) is 4.79 Å². The molecule has 174 valence electrons. The number of benzene rings is 3. The van der Waals surface area contributed by atoms with Gasteiger partial charge in [0.25, 0.3) is 5.91 Å². The number of halogens is 1. The number of carbonyl (C=O) groups excluding carboxylic acids is 1. The second-order valence-electron chi connectivity index (χ2n) is 8.47. The summed E-state index contributed by atoms with van der Waals surface area (Å²) >= 11 is 3.49. The summed E-state index contributed by atoms with van der Waals surface area (Å²) in [6.45, 7) is 1.00. The Kier molecular flexibility index (Phi) is 6.39. The molecular weight excluding hydrogens is 496 g/mol. The number of hydrogen-bond acceptors (Lipinski definition) is 5. The summed E-state index contributed by atoms with van der Waals surface area (Å²) in [5.41, 5.74) is 2.73. The van der Waals surface area contributed by atoms with Crippen LogP contribution >= 0.6 is 15.9 Å². The molecule has 2 N–H and O–H groups in total. The molecule has 2 aliphatic rings. The third-order valence-electron chi connectivity index (χ3n) is 6.22. The SMILES string of the molecule is O=C1NCc2ccccc2C[C@@]12N=C(c1ccc(OCCCO)cc1)O[C@H]2c1ccc(Br)cc1. The maximum absolute atomic E-state index is 13.6. The molecule has 0 aliphatic carbocycles. The highest BCUT2D eigenvalue weighted by Crippen LogP contribution is 2.44. The largest absolute Gasteiger partial charge is 0.494 e. The van der Waals surface area contributed by atoms with Gasteiger partial charge in [-0.2, -0.15) is 0 Å². The van der Waals surface area contributed by atoms with Crippen molar-refractivity contribution in [2.45, 2.75) is 31.0 Å². The summed E-state index contributed by atoms with van der Waals surface area (Å²) in [5, 5.41) is 12.0. The molecule has 3 aromatic rings. The molecule has 5 rings (SSSR count). The van der Waals surface area contributed by atoms with Crippen LogP contribution in [0.25, 0.3) is 0 Å². The molecule has 7 heteroatoms. The number of aliphatic hydroxyl groups excluding tert-OH is 1. The van der Waals surface area contributed by atoms with E-state index in [1.807, 2.05) is 66.7 Å². The van der Waals surface area contributed by atoms with Crippen LogP contribution in [0.4, 0.5) is 0 Å². The fraction of sp³-hybridized carbons (Fsp3) is 0.259. The molecule has 2 heterocycles. The summed E-state index contributed by atoms with van der Waals surface area (Å²) in [6.07, 6.45) is 0.454. The highest BCUT2D eigenvalue weighted by molar-refractivity contribution is 9.10. The molecule has 0 aromatic heterocycles. The van der Waals surface area contributed by atoms with Crippen molar-refractivity contribution < 1.29 is 19.4 Å². The van der Waals surface area contributed by atoms with Crippen molar-refractivity contribution in [1.82, 2.24) is 5.32 Å². The van der Waals surface area contributed by atoms with Crippen molar-refractivity contribution in [2.24, 2.45) is 4.99 Å². The van der Waals surface area contributed by atoms with Gasteiger partial charge in [0.15, 0.2) is 11.6 Å². The number of fused-ring (bicyclic) bond motifs is 1. The van der Waals surface area contributed by atoms with Gasteiger partial charge in [-0.25, -0.2) is 4.99 Å². The number of nitrogens with zero attached hydrogens (tertiary/aromatic N) is 1. The van der Waals surface area contributed by atoms with Crippen LogP contribution < -0.4 is 10.1 Å². The van der Waals surface area contributed by atoms with Crippen molar-refractivity contribution in [3.8, 4) is 5.75 Å². The van der Waals surface area contributed by atoms with Gasteiger partial charge in [0.1, 0.15) is 5.75 Å². The number of aliphatic imine (C=N–C) groups is 1. The molecule has 0 saturated heterocycles. The molecule has 0 fully saturated rings. The van der Waals surface area contributed by atoms with Crippen LogP contribution in [0.5, 0.6) is 5.75 Å². The lowest BCUT2D eigenvalue weighted by molar-refractivity contribution is -0.128. The van der Waals surface area contributed by atoms with Crippen LogP contribution in [0, 0.1) is 0 Å². The smallest absolute Gasteiger partial charge is 0.252 e. The van der Waals surface area contributed by atoms with Gasteiger partial charge >= 0.3 is 0 Å². The van der Waals surface area contributed by atoms with Crippen molar-refractivity contribution in [3.63, 3.8) is 0 Å². The summed E-state index contributed by atoms with van der Waals surface area (Å²) in [7, 11) is 0. The van der Waals surface area contributed by atoms with Gasteiger partial charge in [-0.15, -0.1) is 0 Å². The first-order valence-electron chi connectivity index (χ1n) is 11.3. The number of nitrogens with one attached hydrogen (secondary N) is 1. The zero-order valence-electron chi connectivity index (χ0n) is 18.5. The average molecular weight is 521 g/mol. The second-order valence-corrected chi connectivity index (χ2v) is 9.38. The number of aliphatic hydroxyl groups is 1. The Bertz CT molecular complexity index is 1210. The highest BCUT2D eigenvalue weighted by Gasteiger charge is 2.54. The number of hydrogen-bond donors (Lipinski definition) is 2. The predicted molar refractivity (Wildman–Crippen MR) is 133 cm³/mol. The topological polar surface area (TPSA) is 80.2 Å². The molecule has 0 unspecified atom stereocenters. The minimum Gasteiger partial charge on any atom is -0.494 e. The number of rotatable bonds is 6. The van der Waals surface area contributed by atoms with E-state index in [2.05, 4.69) is 27.3 Å². The van der Waals surface area contributed by atoms with E-state index in [1.165, 1.54) is 0 Å². The standard InChI is InChI=1S/C27H25BrN2O4/c28-22-10-6-18(7-11-22)24-27(16-20-4-1-2-5-21(20)17-29-26(27)32)30-25(34-24)19-8-12-23(13-9-19)33-15-3-14-31/h1-2,4-13,24,31H,3,14-17H2,(H,29,32)/t24-,27-/m0/s1. The van der Waals surface area contributed by atoms with Crippen molar-refractivity contribution in [3.05, 3.63) is 99.5 Å². The Hall–Kier alpha value is -3.16. The zero-order chi connectivity index (χ0) is 23.5.